The summed E-state index contributed by atoms with van der Waals surface area (Å²) in [4.78, 5) is 13.2. The van der Waals surface area contributed by atoms with Gasteiger partial charge < -0.3 is 24.8 Å². The van der Waals surface area contributed by atoms with Gasteiger partial charge in [-0.15, -0.1) is 0 Å². The molecule has 0 aromatic heterocycles. The SMILES string of the molecule is C\C=C/C(=C\C=C\[C@H]1CCNC[C@H]1NC(=O)c1cccc2ccccc12)OCCCOCc1ccccc1OC. The Morgan fingerprint density at radius 1 is 1.05 bits per heavy atom. The molecule has 0 spiro atoms. The van der Waals surface area contributed by atoms with Crippen molar-refractivity contribution >= 4 is 16.7 Å². The van der Waals surface area contributed by atoms with Crippen LogP contribution < -0.4 is 15.4 Å². The molecule has 3 aromatic rings. The number of nitrogens with one attached hydrogen (secondary N) is 2. The van der Waals surface area contributed by atoms with Crippen molar-refractivity contribution in [1.29, 1.82) is 0 Å². The molecule has 0 bridgehead atoms. The van der Waals surface area contributed by atoms with E-state index in [2.05, 4.69) is 16.7 Å². The summed E-state index contributed by atoms with van der Waals surface area (Å²) in [5, 5.41) is 8.73. The third-order valence-electron chi connectivity index (χ3n) is 6.99. The highest BCUT2D eigenvalue weighted by Crippen LogP contribution is 2.21. The average molecular weight is 541 g/mol. The summed E-state index contributed by atoms with van der Waals surface area (Å²) >= 11 is 0. The second-order valence-corrected chi connectivity index (χ2v) is 9.78. The predicted octanol–water partition coefficient (Wildman–Crippen LogP) is 6.20. The lowest BCUT2D eigenvalue weighted by molar-refractivity contribution is 0.0921. The maximum atomic E-state index is 13.2. The van der Waals surface area contributed by atoms with Crippen LogP contribution in [0, 0.1) is 5.92 Å². The first-order valence-electron chi connectivity index (χ1n) is 14.0. The number of hydrogen-bond donors (Lipinski definition) is 2. The van der Waals surface area contributed by atoms with E-state index >= 15 is 0 Å². The van der Waals surface area contributed by atoms with Crippen LogP contribution in [-0.4, -0.2) is 45.4 Å². The molecule has 1 amide bonds. The molecule has 40 heavy (non-hydrogen) atoms. The van der Waals surface area contributed by atoms with Crippen LogP contribution in [0.4, 0.5) is 0 Å². The number of methoxy groups -OCH3 is 1. The van der Waals surface area contributed by atoms with E-state index in [0.29, 0.717) is 25.4 Å². The van der Waals surface area contributed by atoms with Crippen LogP contribution in [-0.2, 0) is 16.1 Å². The molecule has 1 aliphatic heterocycles. The van der Waals surface area contributed by atoms with Crippen LogP contribution >= 0.6 is 0 Å². The van der Waals surface area contributed by atoms with E-state index in [-0.39, 0.29) is 17.9 Å². The molecule has 3 aromatic carbocycles. The molecule has 2 atom stereocenters. The highest BCUT2D eigenvalue weighted by molar-refractivity contribution is 6.07. The van der Waals surface area contributed by atoms with E-state index in [9.17, 15) is 4.79 Å². The Kier molecular flexibility index (Phi) is 11.4. The van der Waals surface area contributed by atoms with Gasteiger partial charge in [0.2, 0.25) is 0 Å². The van der Waals surface area contributed by atoms with Crippen LogP contribution in [0.15, 0.2) is 103 Å². The lowest BCUT2D eigenvalue weighted by atomic mass is 9.91. The zero-order chi connectivity index (χ0) is 28.0. The molecule has 0 unspecified atom stereocenters. The number of ether oxygens (including phenoxy) is 3. The lowest BCUT2D eigenvalue weighted by Gasteiger charge is -2.31. The van der Waals surface area contributed by atoms with Gasteiger partial charge in [-0.05, 0) is 60.9 Å². The predicted molar refractivity (Wildman–Crippen MR) is 161 cm³/mol. The summed E-state index contributed by atoms with van der Waals surface area (Å²) in [6.07, 6.45) is 11.9. The first-order chi connectivity index (χ1) is 19.7. The zero-order valence-corrected chi connectivity index (χ0v) is 23.5. The van der Waals surface area contributed by atoms with Gasteiger partial charge in [0, 0.05) is 30.1 Å². The molecule has 2 N–H and O–H groups in total. The number of rotatable bonds is 13. The molecule has 1 heterocycles. The van der Waals surface area contributed by atoms with Crippen LogP contribution in [0.5, 0.6) is 5.75 Å². The van der Waals surface area contributed by atoms with E-state index in [0.717, 1.165) is 53.8 Å². The molecular weight excluding hydrogens is 500 g/mol. The van der Waals surface area contributed by atoms with Crippen LogP contribution in [0.25, 0.3) is 10.8 Å². The second kappa shape index (κ2) is 15.7. The van der Waals surface area contributed by atoms with E-state index in [4.69, 9.17) is 14.2 Å². The number of amides is 1. The average Bonchev–Trinajstić information content (AvgIpc) is 2.99. The number of carbonyl (C=O) groups is 1. The molecular formula is C34H40N2O4. The van der Waals surface area contributed by atoms with Crippen LogP contribution in [0.2, 0.25) is 0 Å². The molecule has 1 saturated heterocycles. The van der Waals surface area contributed by atoms with Crippen molar-refractivity contribution in [3.63, 3.8) is 0 Å². The van der Waals surface area contributed by atoms with Gasteiger partial charge in [-0.25, -0.2) is 0 Å². The third kappa shape index (κ3) is 8.31. The van der Waals surface area contributed by atoms with E-state index < -0.39 is 0 Å². The van der Waals surface area contributed by atoms with Crippen molar-refractivity contribution in [2.75, 3.05) is 33.4 Å². The molecule has 210 valence electrons. The highest BCUT2D eigenvalue weighted by Gasteiger charge is 2.25. The minimum absolute atomic E-state index is 0.0105. The zero-order valence-electron chi connectivity index (χ0n) is 23.5. The van der Waals surface area contributed by atoms with E-state index in [1.54, 1.807) is 7.11 Å². The number of benzene rings is 3. The smallest absolute Gasteiger partial charge is 0.252 e. The van der Waals surface area contributed by atoms with Gasteiger partial charge in [-0.3, -0.25) is 4.79 Å². The lowest BCUT2D eigenvalue weighted by Crippen LogP contribution is -2.50. The maximum absolute atomic E-state index is 13.2. The van der Waals surface area contributed by atoms with Crippen molar-refractivity contribution in [2.24, 2.45) is 5.92 Å². The van der Waals surface area contributed by atoms with Gasteiger partial charge in [-0.1, -0.05) is 72.8 Å². The fourth-order valence-electron chi connectivity index (χ4n) is 4.90. The summed E-state index contributed by atoms with van der Waals surface area (Å²) in [6.45, 7) is 5.31. The molecule has 6 heteroatoms. The third-order valence-corrected chi connectivity index (χ3v) is 6.99. The summed E-state index contributed by atoms with van der Waals surface area (Å²) in [5.41, 5.74) is 1.75. The second-order valence-electron chi connectivity index (χ2n) is 9.78. The number of piperidine rings is 1. The van der Waals surface area contributed by atoms with Gasteiger partial charge >= 0.3 is 0 Å². The van der Waals surface area contributed by atoms with Crippen LogP contribution in [0.1, 0.15) is 35.7 Å². The van der Waals surface area contributed by atoms with Gasteiger partial charge in [0.25, 0.3) is 5.91 Å². The largest absolute Gasteiger partial charge is 0.496 e. The fourth-order valence-corrected chi connectivity index (χ4v) is 4.90. The number of hydrogen-bond acceptors (Lipinski definition) is 5. The van der Waals surface area contributed by atoms with Gasteiger partial charge in [-0.2, -0.15) is 0 Å². The van der Waals surface area contributed by atoms with Crippen LogP contribution in [0.3, 0.4) is 0 Å². The van der Waals surface area contributed by atoms with Gasteiger partial charge in [0.15, 0.2) is 0 Å². The maximum Gasteiger partial charge on any atom is 0.252 e. The first-order valence-corrected chi connectivity index (χ1v) is 14.0. The minimum Gasteiger partial charge on any atom is -0.496 e. The minimum atomic E-state index is -0.0368. The Morgan fingerprint density at radius 3 is 2.75 bits per heavy atom. The number of fused-ring (bicyclic) bond motifs is 1. The molecule has 1 fully saturated rings. The number of para-hydroxylation sites is 1. The van der Waals surface area contributed by atoms with E-state index in [1.807, 2.05) is 98.0 Å². The summed E-state index contributed by atoms with van der Waals surface area (Å²) in [5.74, 6) is 1.83. The molecule has 0 saturated carbocycles. The van der Waals surface area contributed by atoms with Gasteiger partial charge in [0.1, 0.15) is 11.5 Å². The Morgan fingerprint density at radius 2 is 1.88 bits per heavy atom. The van der Waals surface area contributed by atoms with Crippen molar-refractivity contribution in [2.45, 2.75) is 32.4 Å². The Labute approximate surface area is 237 Å². The summed E-state index contributed by atoms with van der Waals surface area (Å²) in [6, 6.07) is 21.8. The topological polar surface area (TPSA) is 68.8 Å². The molecule has 4 rings (SSSR count). The Hall–Kier alpha value is -3.87. The molecule has 0 aliphatic carbocycles. The Balaban J connectivity index is 1.28. The van der Waals surface area contributed by atoms with E-state index in [1.165, 1.54) is 0 Å². The normalized spacial score (nSPS) is 17.9. The number of carbonyl (C=O) groups excluding carboxylic acids is 1. The first kappa shape index (κ1) is 29.1. The molecule has 6 nitrogen and oxygen atoms in total. The monoisotopic (exact) mass is 540 g/mol. The van der Waals surface area contributed by atoms with Crippen molar-refractivity contribution in [1.82, 2.24) is 10.6 Å². The summed E-state index contributed by atoms with van der Waals surface area (Å²) in [7, 11) is 1.67. The van der Waals surface area contributed by atoms with Crippen molar-refractivity contribution < 1.29 is 19.0 Å². The Bertz CT molecular complexity index is 1330. The number of allylic oxidation sites excluding steroid dienone is 4. The standard InChI is InChI=1S/C34H40N2O4/c1-3-11-29(40-23-10-22-39-25-28-13-5-7-19-33(28)38-2)16-8-15-27-20-21-35-24-32(27)36-34(37)31-18-9-14-26-12-4-6-17-30(26)31/h3-9,11-19,27,32,35H,10,20-25H2,1-2H3,(H,36,37)/b11-3-,15-8+,29-16+/t27-,32+/m0/s1. The van der Waals surface area contributed by atoms with Crippen molar-refractivity contribution in [3.8, 4) is 5.75 Å². The molecule has 1 aliphatic rings. The highest BCUT2D eigenvalue weighted by atomic mass is 16.5. The van der Waals surface area contributed by atoms with Crippen molar-refractivity contribution in [3.05, 3.63) is 114 Å². The summed E-state index contributed by atoms with van der Waals surface area (Å²) < 4.78 is 17.2. The molecule has 0 radical (unpaired) electrons. The quantitative estimate of drug-likeness (QED) is 0.154. The van der Waals surface area contributed by atoms with Gasteiger partial charge in [0.05, 0.1) is 26.9 Å². The fraction of sp³-hybridized carbons (Fsp3) is 0.324.